The van der Waals surface area contributed by atoms with Crippen molar-refractivity contribution in [2.45, 2.75) is 13.1 Å². The van der Waals surface area contributed by atoms with Gasteiger partial charge in [-0.3, -0.25) is 4.79 Å². The summed E-state index contributed by atoms with van der Waals surface area (Å²) in [6.45, 7) is 0.932. The number of aromatic nitrogens is 6. The van der Waals surface area contributed by atoms with E-state index in [0.29, 0.717) is 47.0 Å². The van der Waals surface area contributed by atoms with Gasteiger partial charge in [-0.1, -0.05) is 18.2 Å². The van der Waals surface area contributed by atoms with Crippen LogP contribution in [0.5, 0.6) is 0 Å². The van der Waals surface area contributed by atoms with Crippen molar-refractivity contribution in [3.63, 3.8) is 0 Å². The van der Waals surface area contributed by atoms with E-state index in [-0.39, 0.29) is 10.6 Å². The number of H-pyrrole nitrogens is 2. The number of primary amides is 1. The molecule has 206 valence electrons. The Balaban J connectivity index is 0.000000148. The fourth-order valence-electron chi connectivity index (χ4n) is 4.26. The largest absolute Gasteiger partial charge is 0.467 e. The molecule has 14 heteroatoms. The minimum atomic E-state index is -0.566. The summed E-state index contributed by atoms with van der Waals surface area (Å²) in [4.78, 5) is 33.7. The number of nitrogens with zero attached hydrogens (tertiary/aromatic N) is 4. The Kier molecular flexibility index (Phi) is 7.15. The number of carbonyl (C=O) groups is 1. The summed E-state index contributed by atoms with van der Waals surface area (Å²) < 4.78 is 11.0. The fourth-order valence-corrected chi connectivity index (χ4v) is 4.59. The average Bonchev–Trinajstić information content (AvgIpc) is 3.76. The average molecular weight is 590 g/mol. The third-order valence-corrected chi connectivity index (χ3v) is 6.41. The number of anilines is 2. The first-order valence-electron chi connectivity index (χ1n) is 12.3. The van der Waals surface area contributed by atoms with Gasteiger partial charge in [-0.2, -0.15) is 9.97 Å². The molecule has 1 amide bonds. The summed E-state index contributed by atoms with van der Waals surface area (Å²) in [5.41, 5.74) is 7.66. The quantitative estimate of drug-likeness (QED) is 0.142. The summed E-state index contributed by atoms with van der Waals surface area (Å²) in [6, 6.07) is 15.4. The first kappa shape index (κ1) is 26.2. The summed E-state index contributed by atoms with van der Waals surface area (Å²) in [5, 5.41) is 9.06. The van der Waals surface area contributed by atoms with E-state index >= 15 is 0 Å². The van der Waals surface area contributed by atoms with Crippen molar-refractivity contribution in [2.75, 3.05) is 10.6 Å². The van der Waals surface area contributed by atoms with Gasteiger partial charge in [0.15, 0.2) is 0 Å². The summed E-state index contributed by atoms with van der Waals surface area (Å²) in [5.74, 6) is 2.11. The molecule has 6 heterocycles. The summed E-state index contributed by atoms with van der Waals surface area (Å²) in [6.07, 6.45) is 4.86. The molecule has 0 atom stereocenters. The molecule has 1 aromatic carbocycles. The molecule has 0 radical (unpaired) electrons. The van der Waals surface area contributed by atoms with Crippen LogP contribution in [0.1, 0.15) is 21.9 Å². The normalized spacial score (nSPS) is 11.1. The SMILES string of the molecule is Clc1nc(NCc2cc3ccccc3o2)c2cc[nH]c2n1.NC(=O)c1c[nH]c2nc(Cl)nc(NCc3ccco3)c12. The van der Waals surface area contributed by atoms with Crippen LogP contribution in [0.15, 0.2) is 76.0 Å². The Hall–Kier alpha value is -5.07. The fraction of sp³-hybridized carbons (Fsp3) is 0.0741. The van der Waals surface area contributed by atoms with Crippen molar-refractivity contribution >= 4 is 73.8 Å². The predicted molar refractivity (Wildman–Crippen MR) is 156 cm³/mol. The number of carbonyl (C=O) groups excluding carboxylic acids is 1. The van der Waals surface area contributed by atoms with Crippen LogP contribution >= 0.6 is 23.2 Å². The third kappa shape index (κ3) is 5.64. The molecule has 7 rings (SSSR count). The van der Waals surface area contributed by atoms with E-state index < -0.39 is 5.91 Å². The number of nitrogens with two attached hydrogens (primary N) is 1. The van der Waals surface area contributed by atoms with Gasteiger partial charge in [-0.25, -0.2) is 9.97 Å². The van der Waals surface area contributed by atoms with Crippen molar-refractivity contribution < 1.29 is 13.6 Å². The zero-order valence-corrected chi connectivity index (χ0v) is 22.6. The van der Waals surface area contributed by atoms with Crippen LogP contribution in [-0.4, -0.2) is 35.8 Å². The van der Waals surface area contributed by atoms with Gasteiger partial charge >= 0.3 is 0 Å². The number of halogens is 2. The standard InChI is InChI=1S/C15H11ClN4O.C12H10ClN5O2/c16-15-19-13-11(5-6-17-13)14(20-15)18-8-10-7-9-3-1-2-4-12(9)21-10;13-12-17-10(15-4-6-2-1-3-20-6)8-7(9(14)19)5-16-11(8)18-12/h1-7H,8H2,(H2,17,18,19,20);1-3,5H,4H2,(H2,14,19)(H2,15,16,17,18). The van der Waals surface area contributed by atoms with Crippen molar-refractivity contribution in [1.29, 1.82) is 0 Å². The number of hydrogen-bond donors (Lipinski definition) is 5. The van der Waals surface area contributed by atoms with Crippen molar-refractivity contribution in [2.24, 2.45) is 5.73 Å². The number of fused-ring (bicyclic) bond motifs is 3. The molecule has 0 bridgehead atoms. The number of hydrogen-bond acceptors (Lipinski definition) is 9. The van der Waals surface area contributed by atoms with Crippen molar-refractivity contribution in [1.82, 2.24) is 29.9 Å². The van der Waals surface area contributed by atoms with Gasteiger partial charge in [0.25, 0.3) is 5.91 Å². The van der Waals surface area contributed by atoms with Gasteiger partial charge in [0.05, 0.1) is 35.7 Å². The molecular weight excluding hydrogens is 569 g/mol. The van der Waals surface area contributed by atoms with Crippen LogP contribution in [0.2, 0.25) is 10.6 Å². The number of para-hydroxylation sites is 1. The Morgan fingerprint density at radius 2 is 1.63 bits per heavy atom. The first-order valence-corrected chi connectivity index (χ1v) is 13.0. The highest BCUT2D eigenvalue weighted by molar-refractivity contribution is 6.29. The molecule has 0 fully saturated rings. The van der Waals surface area contributed by atoms with E-state index in [1.807, 2.05) is 48.7 Å². The molecule has 6 aromatic heterocycles. The van der Waals surface area contributed by atoms with E-state index in [1.54, 1.807) is 12.3 Å². The van der Waals surface area contributed by atoms with E-state index in [2.05, 4.69) is 40.5 Å². The third-order valence-electron chi connectivity index (χ3n) is 6.07. The minimum absolute atomic E-state index is 0.0670. The van der Waals surface area contributed by atoms with Crippen LogP contribution in [-0.2, 0) is 13.1 Å². The summed E-state index contributed by atoms with van der Waals surface area (Å²) in [7, 11) is 0. The van der Waals surface area contributed by atoms with Gasteiger partial charge in [0.2, 0.25) is 10.6 Å². The topological polar surface area (TPSA) is 177 Å². The highest BCUT2D eigenvalue weighted by Gasteiger charge is 2.16. The lowest BCUT2D eigenvalue weighted by Gasteiger charge is -2.06. The van der Waals surface area contributed by atoms with Gasteiger partial charge in [0, 0.05) is 17.8 Å². The van der Waals surface area contributed by atoms with Crippen LogP contribution in [0, 0.1) is 0 Å². The van der Waals surface area contributed by atoms with Crippen LogP contribution in [0.3, 0.4) is 0 Å². The van der Waals surface area contributed by atoms with E-state index in [0.717, 1.165) is 27.9 Å². The van der Waals surface area contributed by atoms with Crippen molar-refractivity contribution in [3.05, 3.63) is 94.8 Å². The zero-order chi connectivity index (χ0) is 28.3. The van der Waals surface area contributed by atoms with Crippen LogP contribution in [0.4, 0.5) is 11.6 Å². The number of amides is 1. The molecule has 41 heavy (non-hydrogen) atoms. The highest BCUT2D eigenvalue weighted by Crippen LogP contribution is 2.26. The Morgan fingerprint density at radius 3 is 2.41 bits per heavy atom. The highest BCUT2D eigenvalue weighted by atomic mass is 35.5. The number of nitrogens with one attached hydrogen (secondary N) is 4. The van der Waals surface area contributed by atoms with Gasteiger partial charge in [-0.05, 0) is 53.5 Å². The molecular formula is C27H21Cl2N9O3. The first-order chi connectivity index (χ1) is 19.9. The minimum Gasteiger partial charge on any atom is -0.467 e. The molecule has 0 unspecified atom stereocenters. The Labute approximate surface area is 241 Å². The molecule has 0 aliphatic carbocycles. The smallest absolute Gasteiger partial charge is 0.251 e. The van der Waals surface area contributed by atoms with Crippen LogP contribution in [0.25, 0.3) is 33.0 Å². The zero-order valence-electron chi connectivity index (χ0n) is 21.1. The van der Waals surface area contributed by atoms with E-state index in [1.165, 1.54) is 6.20 Å². The van der Waals surface area contributed by atoms with Gasteiger partial charge in [-0.15, -0.1) is 0 Å². The van der Waals surface area contributed by atoms with Gasteiger partial charge in [0.1, 0.15) is 40.0 Å². The summed E-state index contributed by atoms with van der Waals surface area (Å²) >= 11 is 11.8. The van der Waals surface area contributed by atoms with Gasteiger partial charge < -0.3 is 35.2 Å². The molecule has 0 saturated carbocycles. The number of aromatic amines is 2. The second-order valence-corrected chi connectivity index (χ2v) is 9.43. The lowest BCUT2D eigenvalue weighted by atomic mass is 10.2. The van der Waals surface area contributed by atoms with E-state index in [9.17, 15) is 4.79 Å². The monoisotopic (exact) mass is 589 g/mol. The lowest BCUT2D eigenvalue weighted by molar-refractivity contribution is 0.100. The second kappa shape index (κ2) is 11.2. The number of benzene rings is 1. The Morgan fingerprint density at radius 1 is 0.878 bits per heavy atom. The maximum absolute atomic E-state index is 11.4. The molecule has 6 N–H and O–H groups in total. The molecule has 7 aromatic rings. The molecule has 0 spiro atoms. The maximum Gasteiger partial charge on any atom is 0.251 e. The van der Waals surface area contributed by atoms with Crippen molar-refractivity contribution in [3.8, 4) is 0 Å². The van der Waals surface area contributed by atoms with Crippen LogP contribution < -0.4 is 16.4 Å². The number of furan rings is 2. The molecule has 0 aliphatic rings. The Bertz CT molecular complexity index is 1950. The second-order valence-electron chi connectivity index (χ2n) is 8.75. The number of rotatable bonds is 7. The van der Waals surface area contributed by atoms with E-state index in [4.69, 9.17) is 37.8 Å². The molecule has 0 aliphatic heterocycles. The lowest BCUT2D eigenvalue weighted by Crippen LogP contribution is -2.11. The predicted octanol–water partition coefficient (Wildman–Crippen LogP) is 5.88. The maximum atomic E-state index is 11.4. The molecule has 0 saturated heterocycles. The molecule has 12 nitrogen and oxygen atoms in total.